The number of ether oxygens (including phenoxy) is 1. The first-order chi connectivity index (χ1) is 9.78. The fourth-order valence-electron chi connectivity index (χ4n) is 2.11. The van der Waals surface area contributed by atoms with Crippen molar-refractivity contribution in [1.29, 1.82) is 0 Å². The molecule has 0 aromatic carbocycles. The fourth-order valence-corrected chi connectivity index (χ4v) is 2.11. The van der Waals surface area contributed by atoms with Crippen LogP contribution >= 0.6 is 0 Å². The fraction of sp³-hybridized carbons (Fsp3) is 0.750. The van der Waals surface area contributed by atoms with Gasteiger partial charge in [-0.3, -0.25) is 4.90 Å². The monoisotopic (exact) mass is 280 g/mol. The predicted octanol–water partition coefficient (Wildman–Crippen LogP) is 2.64. The zero-order valence-corrected chi connectivity index (χ0v) is 12.9. The summed E-state index contributed by atoms with van der Waals surface area (Å²) in [5, 5.41) is 3.38. The van der Waals surface area contributed by atoms with Crippen molar-refractivity contribution in [1.82, 2.24) is 10.2 Å². The average Bonchev–Trinajstić information content (AvgIpc) is 3.16. The lowest BCUT2D eigenvalue weighted by molar-refractivity contribution is 0.1000. The number of nitrogens with one attached hydrogen (secondary N) is 1. The molecule has 0 atom stereocenters. The van der Waals surface area contributed by atoms with Gasteiger partial charge in [0.1, 0.15) is 5.76 Å². The van der Waals surface area contributed by atoms with Gasteiger partial charge in [0.15, 0.2) is 0 Å². The van der Waals surface area contributed by atoms with Gasteiger partial charge in [-0.1, -0.05) is 6.92 Å². The Balaban J connectivity index is 1.58. The Morgan fingerprint density at radius 1 is 1.45 bits per heavy atom. The summed E-state index contributed by atoms with van der Waals surface area (Å²) in [6, 6.07) is 2.14. The van der Waals surface area contributed by atoms with Crippen molar-refractivity contribution in [3.8, 4) is 0 Å². The molecule has 1 aromatic rings. The van der Waals surface area contributed by atoms with Crippen molar-refractivity contribution in [2.45, 2.75) is 39.3 Å². The third kappa shape index (κ3) is 6.07. The van der Waals surface area contributed by atoms with Gasteiger partial charge < -0.3 is 14.5 Å². The third-order valence-electron chi connectivity index (χ3n) is 3.56. The molecule has 2 rings (SSSR count). The maximum Gasteiger partial charge on any atom is 0.118 e. The molecule has 0 aliphatic heterocycles. The normalized spacial score (nSPS) is 15.2. The second kappa shape index (κ2) is 8.45. The van der Waals surface area contributed by atoms with Crippen LogP contribution in [0.4, 0.5) is 0 Å². The van der Waals surface area contributed by atoms with Crippen LogP contribution in [-0.2, 0) is 17.8 Å². The number of hydrogen-bond donors (Lipinski definition) is 1. The maximum absolute atomic E-state index is 5.65. The third-order valence-corrected chi connectivity index (χ3v) is 3.56. The van der Waals surface area contributed by atoms with Crippen LogP contribution in [-0.4, -0.2) is 38.3 Å². The molecule has 0 bridgehead atoms. The molecule has 4 nitrogen and oxygen atoms in total. The van der Waals surface area contributed by atoms with E-state index in [1.807, 2.05) is 6.26 Å². The predicted molar refractivity (Wildman–Crippen MR) is 80.6 cm³/mol. The molecule has 0 amide bonds. The molecule has 0 spiro atoms. The van der Waals surface area contributed by atoms with Crippen molar-refractivity contribution < 1.29 is 9.15 Å². The summed E-state index contributed by atoms with van der Waals surface area (Å²) in [5.74, 6) is 1.88. The first kappa shape index (κ1) is 15.5. The Kier molecular flexibility index (Phi) is 6.57. The summed E-state index contributed by atoms with van der Waals surface area (Å²) in [5.41, 5.74) is 1.23. The number of likely N-dealkylation sites (N-methyl/N-ethyl adjacent to an activating group) is 1. The summed E-state index contributed by atoms with van der Waals surface area (Å²) >= 11 is 0. The zero-order chi connectivity index (χ0) is 14.2. The molecule has 0 saturated heterocycles. The lowest BCUT2D eigenvalue weighted by Crippen LogP contribution is -2.22. The average molecular weight is 280 g/mol. The van der Waals surface area contributed by atoms with Gasteiger partial charge in [-0.15, -0.1) is 0 Å². The van der Waals surface area contributed by atoms with Gasteiger partial charge in [0.05, 0.1) is 19.4 Å². The maximum atomic E-state index is 5.65. The van der Waals surface area contributed by atoms with Crippen LogP contribution in [0.3, 0.4) is 0 Å². The van der Waals surface area contributed by atoms with E-state index in [4.69, 9.17) is 9.15 Å². The molecule has 20 heavy (non-hydrogen) atoms. The van der Waals surface area contributed by atoms with Gasteiger partial charge in [-0.05, 0) is 44.8 Å². The molecule has 114 valence electrons. The van der Waals surface area contributed by atoms with Crippen molar-refractivity contribution in [2.75, 3.05) is 33.4 Å². The van der Waals surface area contributed by atoms with Gasteiger partial charge in [0.2, 0.25) is 0 Å². The van der Waals surface area contributed by atoms with Crippen LogP contribution in [0.5, 0.6) is 0 Å². The minimum Gasteiger partial charge on any atom is -0.468 e. The smallest absolute Gasteiger partial charge is 0.118 e. The summed E-state index contributed by atoms with van der Waals surface area (Å²) < 4.78 is 11.3. The van der Waals surface area contributed by atoms with E-state index in [0.29, 0.717) is 0 Å². The van der Waals surface area contributed by atoms with E-state index in [9.17, 15) is 0 Å². The molecule has 0 radical (unpaired) electrons. The standard InChI is InChI=1S/C16H28N2O2/c1-3-6-17-10-15-9-16(20-13-15)11-18(2)7-8-19-12-14-4-5-14/h9,13-14,17H,3-8,10-12H2,1-2H3. The highest BCUT2D eigenvalue weighted by atomic mass is 16.5. The molecular weight excluding hydrogens is 252 g/mol. The van der Waals surface area contributed by atoms with Crippen LogP contribution in [0.1, 0.15) is 37.5 Å². The molecule has 1 heterocycles. The SMILES string of the molecule is CCCNCc1coc(CN(C)CCOCC2CC2)c1. The van der Waals surface area contributed by atoms with E-state index in [0.717, 1.165) is 57.5 Å². The van der Waals surface area contributed by atoms with Crippen LogP contribution in [0.25, 0.3) is 0 Å². The highest BCUT2D eigenvalue weighted by Crippen LogP contribution is 2.28. The molecule has 0 unspecified atom stereocenters. The Labute approximate surface area is 122 Å². The molecule has 1 fully saturated rings. The van der Waals surface area contributed by atoms with Gasteiger partial charge in [0.25, 0.3) is 0 Å². The zero-order valence-electron chi connectivity index (χ0n) is 12.9. The summed E-state index contributed by atoms with van der Waals surface area (Å²) in [6.07, 6.45) is 5.73. The largest absolute Gasteiger partial charge is 0.468 e. The van der Waals surface area contributed by atoms with Crippen molar-refractivity contribution in [3.63, 3.8) is 0 Å². The van der Waals surface area contributed by atoms with Crippen LogP contribution in [0.2, 0.25) is 0 Å². The molecule has 1 aliphatic carbocycles. The minimum atomic E-state index is 0.818. The van der Waals surface area contributed by atoms with Crippen molar-refractivity contribution in [3.05, 3.63) is 23.7 Å². The summed E-state index contributed by atoms with van der Waals surface area (Å²) in [6.45, 7) is 7.69. The quantitative estimate of drug-likeness (QED) is 0.632. The van der Waals surface area contributed by atoms with Gasteiger partial charge in [-0.25, -0.2) is 0 Å². The summed E-state index contributed by atoms with van der Waals surface area (Å²) in [4.78, 5) is 2.25. The second-order valence-electron chi connectivity index (χ2n) is 5.85. The van der Waals surface area contributed by atoms with Gasteiger partial charge in [-0.2, -0.15) is 0 Å². The first-order valence-corrected chi connectivity index (χ1v) is 7.81. The molecule has 1 saturated carbocycles. The number of furan rings is 1. The minimum absolute atomic E-state index is 0.818. The van der Waals surface area contributed by atoms with Crippen LogP contribution in [0.15, 0.2) is 16.7 Å². The Morgan fingerprint density at radius 2 is 2.30 bits per heavy atom. The van der Waals surface area contributed by atoms with E-state index in [2.05, 4.69) is 30.3 Å². The van der Waals surface area contributed by atoms with Crippen molar-refractivity contribution in [2.24, 2.45) is 5.92 Å². The Bertz CT molecular complexity index is 374. The highest BCUT2D eigenvalue weighted by molar-refractivity contribution is 5.12. The van der Waals surface area contributed by atoms with E-state index < -0.39 is 0 Å². The van der Waals surface area contributed by atoms with Crippen LogP contribution in [0, 0.1) is 5.92 Å². The van der Waals surface area contributed by atoms with E-state index in [1.165, 1.54) is 18.4 Å². The molecular formula is C16H28N2O2. The topological polar surface area (TPSA) is 37.6 Å². The van der Waals surface area contributed by atoms with Crippen LogP contribution < -0.4 is 5.32 Å². The summed E-state index contributed by atoms with van der Waals surface area (Å²) in [7, 11) is 2.11. The molecule has 1 aromatic heterocycles. The first-order valence-electron chi connectivity index (χ1n) is 7.81. The van der Waals surface area contributed by atoms with Gasteiger partial charge in [0, 0.05) is 25.3 Å². The Morgan fingerprint density at radius 3 is 3.05 bits per heavy atom. The Hall–Kier alpha value is -0.840. The van der Waals surface area contributed by atoms with E-state index >= 15 is 0 Å². The second-order valence-corrected chi connectivity index (χ2v) is 5.85. The van der Waals surface area contributed by atoms with Gasteiger partial charge >= 0.3 is 0 Å². The lowest BCUT2D eigenvalue weighted by Gasteiger charge is -2.14. The van der Waals surface area contributed by atoms with E-state index in [-0.39, 0.29) is 0 Å². The molecule has 1 aliphatic rings. The molecule has 1 N–H and O–H groups in total. The number of rotatable bonds is 11. The number of hydrogen-bond acceptors (Lipinski definition) is 4. The lowest BCUT2D eigenvalue weighted by atomic mass is 10.3. The van der Waals surface area contributed by atoms with Crippen molar-refractivity contribution >= 4 is 0 Å². The highest BCUT2D eigenvalue weighted by Gasteiger charge is 2.20. The number of nitrogens with zero attached hydrogens (tertiary/aromatic N) is 1. The van der Waals surface area contributed by atoms with E-state index in [1.54, 1.807) is 0 Å². The molecule has 4 heteroatoms.